The summed E-state index contributed by atoms with van der Waals surface area (Å²) in [6, 6.07) is 9.32. The van der Waals surface area contributed by atoms with Crippen molar-refractivity contribution in [2.45, 2.75) is 58.2 Å². The lowest BCUT2D eigenvalue weighted by Crippen LogP contribution is -2.44. The Morgan fingerprint density at radius 2 is 1.85 bits per heavy atom. The van der Waals surface area contributed by atoms with Crippen molar-refractivity contribution in [3.63, 3.8) is 0 Å². The molecule has 0 unspecified atom stereocenters. The van der Waals surface area contributed by atoms with Crippen molar-refractivity contribution < 1.29 is 4.79 Å². The lowest BCUT2D eigenvalue weighted by Gasteiger charge is -2.28. The molecule has 0 aromatic heterocycles. The maximum absolute atomic E-state index is 11.9. The Hall–Kier alpha value is -1.35. The van der Waals surface area contributed by atoms with Crippen LogP contribution < -0.4 is 5.32 Å². The molecule has 0 radical (unpaired) electrons. The van der Waals surface area contributed by atoms with Crippen molar-refractivity contribution >= 4 is 5.91 Å². The summed E-state index contributed by atoms with van der Waals surface area (Å²) in [7, 11) is 1.71. The van der Waals surface area contributed by atoms with Gasteiger partial charge in [-0.2, -0.15) is 0 Å². The van der Waals surface area contributed by atoms with Gasteiger partial charge in [0.25, 0.3) is 0 Å². The van der Waals surface area contributed by atoms with Crippen LogP contribution in [-0.2, 0) is 11.3 Å². The van der Waals surface area contributed by atoms with Crippen LogP contribution in [0, 0.1) is 0 Å². The Balaban J connectivity index is 2.06. The fourth-order valence-corrected chi connectivity index (χ4v) is 2.57. The third-order valence-corrected chi connectivity index (χ3v) is 4.15. The second kappa shape index (κ2) is 6.40. The lowest BCUT2D eigenvalue weighted by atomic mass is 10.0. The molecule has 1 N–H and O–H groups in total. The summed E-state index contributed by atoms with van der Waals surface area (Å²) >= 11 is 0. The second-order valence-corrected chi connectivity index (χ2v) is 6.09. The minimum absolute atomic E-state index is 0.0581. The van der Waals surface area contributed by atoms with E-state index in [-0.39, 0.29) is 11.9 Å². The molecule has 0 heterocycles. The molecule has 0 saturated heterocycles. The summed E-state index contributed by atoms with van der Waals surface area (Å²) in [6.45, 7) is 7.27. The normalized spacial score (nSPS) is 16.5. The number of carbonyl (C=O) groups excluding carboxylic acids is 1. The number of likely N-dealkylation sites (N-methyl/N-ethyl adjacent to an activating group) is 1. The van der Waals surface area contributed by atoms with Crippen LogP contribution in [0.3, 0.4) is 0 Å². The van der Waals surface area contributed by atoms with Crippen LogP contribution in [0.1, 0.15) is 50.7 Å². The van der Waals surface area contributed by atoms with E-state index in [2.05, 4.69) is 48.3 Å². The lowest BCUT2D eigenvalue weighted by molar-refractivity contribution is -0.125. The zero-order chi connectivity index (χ0) is 14.7. The highest BCUT2D eigenvalue weighted by molar-refractivity contribution is 5.81. The van der Waals surface area contributed by atoms with Gasteiger partial charge < -0.3 is 5.32 Å². The van der Waals surface area contributed by atoms with E-state index >= 15 is 0 Å². The van der Waals surface area contributed by atoms with Crippen molar-refractivity contribution in [2.24, 2.45) is 0 Å². The predicted molar refractivity (Wildman–Crippen MR) is 82.6 cm³/mol. The summed E-state index contributed by atoms with van der Waals surface area (Å²) in [4.78, 5) is 14.2. The van der Waals surface area contributed by atoms with Crippen LogP contribution >= 0.6 is 0 Å². The SMILES string of the molecule is CNC(=O)[C@@H](C)N(Cc1ccc(C(C)C)cc1)C1CC1. The topological polar surface area (TPSA) is 32.3 Å². The smallest absolute Gasteiger partial charge is 0.236 e. The molecular weight excluding hydrogens is 248 g/mol. The fourth-order valence-electron chi connectivity index (χ4n) is 2.57. The van der Waals surface area contributed by atoms with Gasteiger partial charge in [-0.15, -0.1) is 0 Å². The summed E-state index contributed by atoms with van der Waals surface area (Å²) in [5.41, 5.74) is 2.66. The molecule has 1 atom stereocenters. The maximum atomic E-state index is 11.9. The van der Waals surface area contributed by atoms with Crippen LogP contribution in [0.15, 0.2) is 24.3 Å². The zero-order valence-electron chi connectivity index (χ0n) is 13.0. The standard InChI is InChI=1S/C17H26N2O/c1-12(2)15-7-5-14(6-8-15)11-19(16-9-10-16)13(3)17(20)18-4/h5-8,12-13,16H,9-11H2,1-4H3,(H,18,20)/t13-/m1/s1. The van der Waals surface area contributed by atoms with Gasteiger partial charge >= 0.3 is 0 Å². The summed E-state index contributed by atoms with van der Waals surface area (Å²) < 4.78 is 0. The van der Waals surface area contributed by atoms with Crippen LogP contribution in [-0.4, -0.2) is 29.9 Å². The Morgan fingerprint density at radius 1 is 1.25 bits per heavy atom. The van der Waals surface area contributed by atoms with Crippen LogP contribution in [0.5, 0.6) is 0 Å². The number of nitrogens with zero attached hydrogens (tertiary/aromatic N) is 1. The van der Waals surface area contributed by atoms with Crippen LogP contribution in [0.4, 0.5) is 0 Å². The molecule has 1 aromatic rings. The minimum atomic E-state index is -0.0581. The molecule has 3 nitrogen and oxygen atoms in total. The molecule has 1 amide bonds. The molecular formula is C17H26N2O. The van der Waals surface area contributed by atoms with Crippen molar-refractivity contribution in [1.29, 1.82) is 0 Å². The molecule has 2 rings (SSSR count). The molecule has 110 valence electrons. The van der Waals surface area contributed by atoms with Crippen molar-refractivity contribution in [3.8, 4) is 0 Å². The first kappa shape index (κ1) is 15.0. The van der Waals surface area contributed by atoms with Crippen LogP contribution in [0.25, 0.3) is 0 Å². The molecule has 0 spiro atoms. The van der Waals surface area contributed by atoms with Gasteiger partial charge in [0.05, 0.1) is 6.04 Å². The quantitative estimate of drug-likeness (QED) is 0.865. The molecule has 0 aliphatic heterocycles. The van der Waals surface area contributed by atoms with Gasteiger partial charge in [0.1, 0.15) is 0 Å². The average molecular weight is 274 g/mol. The highest BCUT2D eigenvalue weighted by Gasteiger charge is 2.34. The number of rotatable bonds is 6. The third-order valence-electron chi connectivity index (χ3n) is 4.15. The first-order chi connectivity index (χ1) is 9.52. The van der Waals surface area contributed by atoms with Gasteiger partial charge in [0.15, 0.2) is 0 Å². The van der Waals surface area contributed by atoms with E-state index in [0.29, 0.717) is 12.0 Å². The zero-order valence-corrected chi connectivity index (χ0v) is 13.0. The largest absolute Gasteiger partial charge is 0.358 e. The van der Waals surface area contributed by atoms with E-state index in [9.17, 15) is 4.79 Å². The van der Waals surface area contributed by atoms with Gasteiger partial charge in [0.2, 0.25) is 5.91 Å². The number of carbonyl (C=O) groups is 1. The fraction of sp³-hybridized carbons (Fsp3) is 0.588. The van der Waals surface area contributed by atoms with Crippen LogP contribution in [0.2, 0.25) is 0 Å². The molecule has 1 aromatic carbocycles. The van der Waals surface area contributed by atoms with E-state index in [0.717, 1.165) is 6.54 Å². The number of hydrogen-bond acceptors (Lipinski definition) is 2. The Labute approximate surface area is 122 Å². The third kappa shape index (κ3) is 3.60. The molecule has 3 heteroatoms. The Bertz CT molecular complexity index is 449. The van der Waals surface area contributed by atoms with E-state index in [4.69, 9.17) is 0 Å². The van der Waals surface area contributed by atoms with E-state index in [1.54, 1.807) is 7.05 Å². The van der Waals surface area contributed by atoms with Crippen molar-refractivity contribution in [2.75, 3.05) is 7.05 Å². The Morgan fingerprint density at radius 3 is 2.30 bits per heavy atom. The minimum Gasteiger partial charge on any atom is -0.358 e. The highest BCUT2D eigenvalue weighted by Crippen LogP contribution is 2.30. The van der Waals surface area contributed by atoms with Gasteiger partial charge in [-0.1, -0.05) is 38.1 Å². The summed E-state index contributed by atoms with van der Waals surface area (Å²) in [5, 5.41) is 2.76. The molecule has 1 fully saturated rings. The van der Waals surface area contributed by atoms with E-state index in [1.165, 1.54) is 24.0 Å². The number of nitrogens with one attached hydrogen (secondary N) is 1. The summed E-state index contributed by atoms with van der Waals surface area (Å²) in [5.74, 6) is 0.670. The molecule has 1 saturated carbocycles. The van der Waals surface area contributed by atoms with E-state index < -0.39 is 0 Å². The number of amides is 1. The second-order valence-electron chi connectivity index (χ2n) is 6.09. The highest BCUT2D eigenvalue weighted by atomic mass is 16.2. The van der Waals surface area contributed by atoms with E-state index in [1.807, 2.05) is 6.92 Å². The monoisotopic (exact) mass is 274 g/mol. The van der Waals surface area contributed by atoms with Gasteiger partial charge in [-0.05, 0) is 36.8 Å². The van der Waals surface area contributed by atoms with Gasteiger partial charge in [0, 0.05) is 19.6 Å². The maximum Gasteiger partial charge on any atom is 0.236 e. The molecule has 0 bridgehead atoms. The molecule has 1 aliphatic rings. The predicted octanol–water partition coefficient (Wildman–Crippen LogP) is 2.91. The number of benzene rings is 1. The van der Waals surface area contributed by atoms with Crippen molar-refractivity contribution in [3.05, 3.63) is 35.4 Å². The average Bonchev–Trinajstić information content (AvgIpc) is 3.28. The number of hydrogen-bond donors (Lipinski definition) is 1. The van der Waals surface area contributed by atoms with Gasteiger partial charge in [-0.25, -0.2) is 0 Å². The first-order valence-corrected chi connectivity index (χ1v) is 7.59. The van der Waals surface area contributed by atoms with Gasteiger partial charge in [-0.3, -0.25) is 9.69 Å². The molecule has 1 aliphatic carbocycles. The molecule has 20 heavy (non-hydrogen) atoms. The Kier molecular flexibility index (Phi) is 4.81. The first-order valence-electron chi connectivity index (χ1n) is 7.59. The summed E-state index contributed by atoms with van der Waals surface area (Å²) in [6.07, 6.45) is 2.43. The van der Waals surface area contributed by atoms with Crippen molar-refractivity contribution in [1.82, 2.24) is 10.2 Å².